The highest BCUT2D eigenvalue weighted by molar-refractivity contribution is 4.77. The van der Waals surface area contributed by atoms with E-state index >= 15 is 0 Å². The van der Waals surface area contributed by atoms with Gasteiger partial charge in [0.25, 0.3) is 0 Å². The van der Waals surface area contributed by atoms with Gasteiger partial charge in [0.1, 0.15) is 6.23 Å². The van der Waals surface area contributed by atoms with Crippen molar-refractivity contribution in [2.24, 2.45) is 0 Å². The lowest BCUT2D eigenvalue weighted by atomic mass is 10.1. The van der Waals surface area contributed by atoms with E-state index in [1.807, 2.05) is 0 Å². The van der Waals surface area contributed by atoms with Crippen LogP contribution in [-0.2, 0) is 0 Å². The zero-order valence-electron chi connectivity index (χ0n) is 7.14. The van der Waals surface area contributed by atoms with Crippen LogP contribution in [0.15, 0.2) is 0 Å². The normalized spacial score (nSPS) is 32.2. The third kappa shape index (κ3) is 3.18. The summed E-state index contributed by atoms with van der Waals surface area (Å²) in [6.07, 6.45) is 3.30. The molecule has 1 fully saturated rings. The van der Waals surface area contributed by atoms with E-state index < -0.39 is 0 Å². The molecule has 3 nitrogen and oxygen atoms in total. The quantitative estimate of drug-likeness (QED) is 0.544. The largest absolute Gasteiger partial charge is 0.377 e. The Balaban J connectivity index is 2.12. The Morgan fingerprint density at radius 2 is 2.27 bits per heavy atom. The van der Waals surface area contributed by atoms with Gasteiger partial charge < -0.3 is 10.4 Å². The molecule has 1 aliphatic rings. The standard InChI is InChI=1S/C8H18N2O/c1-2-3-4-7-5-9-6-8(11)10-7/h7-11H,2-6H2,1H3. The number of nitrogens with one attached hydrogen (secondary N) is 2. The lowest BCUT2D eigenvalue weighted by molar-refractivity contribution is 0.0953. The van der Waals surface area contributed by atoms with Crippen LogP contribution in [0.1, 0.15) is 26.2 Å². The summed E-state index contributed by atoms with van der Waals surface area (Å²) in [6.45, 7) is 3.87. The minimum Gasteiger partial charge on any atom is -0.377 e. The van der Waals surface area contributed by atoms with Crippen molar-refractivity contribution in [2.45, 2.75) is 38.5 Å². The molecule has 0 amide bonds. The van der Waals surface area contributed by atoms with Gasteiger partial charge in [-0.3, -0.25) is 5.32 Å². The molecule has 0 saturated carbocycles. The molecule has 11 heavy (non-hydrogen) atoms. The minimum absolute atomic E-state index is 0.342. The fourth-order valence-corrected chi connectivity index (χ4v) is 1.42. The molecule has 1 aliphatic heterocycles. The third-order valence-electron chi connectivity index (χ3n) is 2.06. The van der Waals surface area contributed by atoms with E-state index in [2.05, 4.69) is 17.6 Å². The fraction of sp³-hybridized carbons (Fsp3) is 1.00. The summed E-state index contributed by atoms with van der Waals surface area (Å²) in [7, 11) is 0. The Bertz CT molecular complexity index is 108. The molecular weight excluding hydrogens is 140 g/mol. The van der Waals surface area contributed by atoms with Crippen LogP contribution in [0.4, 0.5) is 0 Å². The van der Waals surface area contributed by atoms with Crippen LogP contribution in [0, 0.1) is 0 Å². The van der Waals surface area contributed by atoms with Gasteiger partial charge in [-0.2, -0.15) is 0 Å². The molecule has 1 saturated heterocycles. The fourth-order valence-electron chi connectivity index (χ4n) is 1.42. The maximum absolute atomic E-state index is 9.21. The first kappa shape index (κ1) is 8.97. The smallest absolute Gasteiger partial charge is 0.117 e. The third-order valence-corrected chi connectivity index (χ3v) is 2.06. The first-order valence-electron chi connectivity index (χ1n) is 4.47. The molecule has 3 N–H and O–H groups in total. The summed E-state index contributed by atoms with van der Waals surface area (Å²) in [5.41, 5.74) is 0. The van der Waals surface area contributed by atoms with Crippen molar-refractivity contribution in [3.05, 3.63) is 0 Å². The number of piperazine rings is 1. The van der Waals surface area contributed by atoms with Gasteiger partial charge in [0.15, 0.2) is 0 Å². The van der Waals surface area contributed by atoms with Crippen molar-refractivity contribution in [1.82, 2.24) is 10.6 Å². The van der Waals surface area contributed by atoms with Crippen molar-refractivity contribution in [3.8, 4) is 0 Å². The summed E-state index contributed by atoms with van der Waals surface area (Å²) in [4.78, 5) is 0. The molecule has 0 bridgehead atoms. The maximum Gasteiger partial charge on any atom is 0.117 e. The Morgan fingerprint density at radius 1 is 1.45 bits per heavy atom. The molecule has 3 heteroatoms. The van der Waals surface area contributed by atoms with E-state index in [4.69, 9.17) is 0 Å². The highest BCUT2D eigenvalue weighted by atomic mass is 16.3. The molecule has 0 aromatic carbocycles. The van der Waals surface area contributed by atoms with Gasteiger partial charge in [-0.05, 0) is 6.42 Å². The molecule has 66 valence electrons. The second-order valence-corrected chi connectivity index (χ2v) is 3.18. The average Bonchev–Trinajstić information content (AvgIpc) is 2.01. The zero-order valence-corrected chi connectivity index (χ0v) is 7.14. The Kier molecular flexibility index (Phi) is 3.83. The summed E-state index contributed by atoms with van der Waals surface area (Å²) < 4.78 is 0. The van der Waals surface area contributed by atoms with Crippen molar-refractivity contribution in [2.75, 3.05) is 13.1 Å². The number of aliphatic hydroxyl groups is 1. The second-order valence-electron chi connectivity index (χ2n) is 3.18. The summed E-state index contributed by atoms with van der Waals surface area (Å²) >= 11 is 0. The van der Waals surface area contributed by atoms with E-state index in [1.54, 1.807) is 0 Å². The summed E-state index contributed by atoms with van der Waals surface area (Å²) in [6, 6.07) is 0.471. The molecule has 0 aromatic heterocycles. The van der Waals surface area contributed by atoms with Crippen molar-refractivity contribution < 1.29 is 5.11 Å². The lowest BCUT2D eigenvalue weighted by Gasteiger charge is -2.28. The first-order chi connectivity index (χ1) is 5.33. The topological polar surface area (TPSA) is 44.3 Å². The van der Waals surface area contributed by atoms with Crippen molar-refractivity contribution in [3.63, 3.8) is 0 Å². The van der Waals surface area contributed by atoms with Gasteiger partial charge in [-0.25, -0.2) is 0 Å². The van der Waals surface area contributed by atoms with Crippen LogP contribution < -0.4 is 10.6 Å². The Hall–Kier alpha value is -0.120. The second kappa shape index (κ2) is 4.70. The molecule has 0 spiro atoms. The Morgan fingerprint density at radius 3 is 2.91 bits per heavy atom. The highest BCUT2D eigenvalue weighted by Crippen LogP contribution is 2.02. The van der Waals surface area contributed by atoms with E-state index in [0.717, 1.165) is 6.54 Å². The van der Waals surface area contributed by atoms with Gasteiger partial charge in [0.2, 0.25) is 0 Å². The van der Waals surface area contributed by atoms with E-state index in [9.17, 15) is 5.11 Å². The van der Waals surface area contributed by atoms with E-state index in [1.165, 1.54) is 19.3 Å². The van der Waals surface area contributed by atoms with Crippen LogP contribution >= 0.6 is 0 Å². The molecule has 1 heterocycles. The SMILES string of the molecule is CCCCC1CNCC(O)N1. The lowest BCUT2D eigenvalue weighted by Crippen LogP contribution is -2.54. The molecule has 0 radical (unpaired) electrons. The van der Waals surface area contributed by atoms with E-state index in [0.29, 0.717) is 12.6 Å². The van der Waals surface area contributed by atoms with Gasteiger partial charge in [0.05, 0.1) is 0 Å². The number of β-amino-alcohol motifs (C(OH)–C–C–N with tert-alkyl or cyclic N) is 1. The number of hydrogen-bond acceptors (Lipinski definition) is 3. The van der Waals surface area contributed by atoms with Crippen LogP contribution in [0.3, 0.4) is 0 Å². The molecule has 2 unspecified atom stereocenters. The van der Waals surface area contributed by atoms with Crippen LogP contribution in [0.25, 0.3) is 0 Å². The Labute approximate surface area is 68.2 Å². The van der Waals surface area contributed by atoms with Crippen LogP contribution in [-0.4, -0.2) is 30.5 Å². The molecule has 0 aliphatic carbocycles. The number of rotatable bonds is 3. The average molecular weight is 158 g/mol. The van der Waals surface area contributed by atoms with E-state index in [-0.39, 0.29) is 6.23 Å². The zero-order chi connectivity index (χ0) is 8.10. The monoisotopic (exact) mass is 158 g/mol. The summed E-state index contributed by atoms with van der Waals surface area (Å²) in [5, 5.41) is 15.5. The van der Waals surface area contributed by atoms with Crippen LogP contribution in [0.5, 0.6) is 0 Å². The van der Waals surface area contributed by atoms with Gasteiger partial charge in [-0.15, -0.1) is 0 Å². The number of unbranched alkanes of at least 4 members (excludes halogenated alkanes) is 1. The molecule has 1 rings (SSSR count). The number of hydrogen-bond donors (Lipinski definition) is 3. The molecule has 0 aromatic rings. The predicted molar refractivity (Wildman–Crippen MR) is 45.3 cm³/mol. The van der Waals surface area contributed by atoms with Gasteiger partial charge in [0, 0.05) is 19.1 Å². The highest BCUT2D eigenvalue weighted by Gasteiger charge is 2.16. The van der Waals surface area contributed by atoms with Crippen LogP contribution in [0.2, 0.25) is 0 Å². The molecule has 2 atom stereocenters. The molecular formula is C8H18N2O. The van der Waals surface area contributed by atoms with Gasteiger partial charge >= 0.3 is 0 Å². The predicted octanol–water partition coefficient (Wildman–Crippen LogP) is 0.0564. The minimum atomic E-state index is -0.342. The first-order valence-corrected chi connectivity index (χ1v) is 4.47. The van der Waals surface area contributed by atoms with Crippen molar-refractivity contribution in [1.29, 1.82) is 0 Å². The van der Waals surface area contributed by atoms with Crippen molar-refractivity contribution >= 4 is 0 Å². The van der Waals surface area contributed by atoms with Gasteiger partial charge in [-0.1, -0.05) is 19.8 Å². The maximum atomic E-state index is 9.21. The summed E-state index contributed by atoms with van der Waals surface area (Å²) in [5.74, 6) is 0. The number of aliphatic hydroxyl groups excluding tert-OH is 1.